The molecule has 0 spiro atoms. The number of halogens is 4. The van der Waals surface area contributed by atoms with E-state index in [0.717, 1.165) is 31.4 Å². The minimum Gasteiger partial charge on any atom is -0.383 e. The minimum absolute atomic E-state index is 0. The van der Waals surface area contributed by atoms with E-state index in [1.54, 1.807) is 13.2 Å². The van der Waals surface area contributed by atoms with E-state index < -0.39 is 17.2 Å². The molecule has 154 valence electrons. The Hall–Kier alpha value is -1.31. The highest BCUT2D eigenvalue weighted by molar-refractivity contribution is 5.88. The number of amides is 1. The van der Waals surface area contributed by atoms with Gasteiger partial charge in [0.1, 0.15) is 0 Å². The lowest BCUT2D eigenvalue weighted by molar-refractivity contribution is -0.138. The van der Waals surface area contributed by atoms with Gasteiger partial charge in [-0.25, -0.2) is 0 Å². The molecule has 1 saturated carbocycles. The van der Waals surface area contributed by atoms with E-state index in [1.165, 1.54) is 6.07 Å². The molecule has 2 rings (SSSR count). The van der Waals surface area contributed by atoms with Crippen molar-refractivity contribution < 1.29 is 22.7 Å². The molecule has 0 unspecified atom stereocenters. The average molecular weight is 409 g/mol. The van der Waals surface area contributed by atoms with E-state index in [0.29, 0.717) is 44.6 Å². The Morgan fingerprint density at radius 2 is 1.85 bits per heavy atom. The molecule has 4 nitrogen and oxygen atoms in total. The predicted octanol–water partition coefficient (Wildman–Crippen LogP) is 3.68. The maximum Gasteiger partial charge on any atom is 0.416 e. The monoisotopic (exact) mass is 408 g/mol. The number of methoxy groups -OCH3 is 1. The summed E-state index contributed by atoms with van der Waals surface area (Å²) in [5.41, 5.74) is -1.10. The molecule has 1 aliphatic rings. The highest BCUT2D eigenvalue weighted by atomic mass is 35.5. The third kappa shape index (κ3) is 6.36. The van der Waals surface area contributed by atoms with Crippen molar-refractivity contribution in [3.63, 3.8) is 0 Å². The number of hydrogen-bond acceptors (Lipinski definition) is 3. The summed E-state index contributed by atoms with van der Waals surface area (Å²) in [6.45, 7) is 2.30. The van der Waals surface area contributed by atoms with Crippen molar-refractivity contribution in [2.75, 3.05) is 33.4 Å². The zero-order valence-electron chi connectivity index (χ0n) is 15.5. The lowest BCUT2D eigenvalue weighted by atomic mass is 9.68. The maximum absolute atomic E-state index is 13.1. The Bertz CT molecular complexity index is 591. The highest BCUT2D eigenvalue weighted by Gasteiger charge is 2.42. The summed E-state index contributed by atoms with van der Waals surface area (Å²) >= 11 is 0. The number of ether oxygens (including phenoxy) is 1. The molecule has 1 aromatic rings. The lowest BCUT2D eigenvalue weighted by Crippen LogP contribution is -2.47. The molecule has 0 aromatic heterocycles. The fraction of sp³-hybridized carbons (Fsp3) is 0.632. The molecular weight excluding hydrogens is 381 g/mol. The van der Waals surface area contributed by atoms with Gasteiger partial charge in [-0.15, -0.1) is 12.4 Å². The third-order valence-corrected chi connectivity index (χ3v) is 4.95. The van der Waals surface area contributed by atoms with Crippen LogP contribution in [0.1, 0.15) is 43.2 Å². The maximum atomic E-state index is 13.1. The van der Waals surface area contributed by atoms with E-state index in [2.05, 4.69) is 10.6 Å². The molecule has 0 saturated heterocycles. The second-order valence-corrected chi connectivity index (χ2v) is 6.72. The van der Waals surface area contributed by atoms with Gasteiger partial charge in [0.15, 0.2) is 0 Å². The molecule has 1 aromatic carbocycles. The summed E-state index contributed by atoms with van der Waals surface area (Å²) in [5, 5.41) is 6.04. The Labute approximate surface area is 164 Å². The second-order valence-electron chi connectivity index (χ2n) is 6.72. The van der Waals surface area contributed by atoms with E-state index >= 15 is 0 Å². The fourth-order valence-electron chi connectivity index (χ4n) is 3.53. The van der Waals surface area contributed by atoms with Crippen molar-refractivity contribution in [1.29, 1.82) is 0 Å². The molecule has 0 atom stereocenters. The predicted molar refractivity (Wildman–Crippen MR) is 101 cm³/mol. The van der Waals surface area contributed by atoms with E-state index in [-0.39, 0.29) is 18.3 Å². The largest absolute Gasteiger partial charge is 0.416 e. The summed E-state index contributed by atoms with van der Waals surface area (Å²) in [5.74, 6) is -0.176. The van der Waals surface area contributed by atoms with E-state index in [4.69, 9.17) is 4.74 Å². The van der Waals surface area contributed by atoms with Crippen LogP contribution in [0.25, 0.3) is 0 Å². The van der Waals surface area contributed by atoms with Crippen molar-refractivity contribution in [3.05, 3.63) is 35.4 Å². The van der Waals surface area contributed by atoms with Crippen LogP contribution < -0.4 is 10.6 Å². The standard InChI is InChI=1S/C19H27F3N2O2.ClH/c1-26-13-12-23-10-11-24-17(25)18(8-3-2-4-9-18)15-6-5-7-16(14-15)19(20,21)22;/h5-7,14,23H,2-4,8-13H2,1H3,(H,24,25);1H. The van der Waals surface area contributed by atoms with Gasteiger partial charge in [-0.05, 0) is 24.5 Å². The van der Waals surface area contributed by atoms with Crippen molar-refractivity contribution >= 4 is 18.3 Å². The molecule has 0 radical (unpaired) electrons. The normalized spacial score (nSPS) is 16.4. The van der Waals surface area contributed by atoms with Crippen LogP contribution in [0.15, 0.2) is 24.3 Å². The first-order valence-corrected chi connectivity index (χ1v) is 9.06. The van der Waals surface area contributed by atoms with Crippen molar-refractivity contribution in [2.24, 2.45) is 0 Å². The summed E-state index contributed by atoms with van der Waals surface area (Å²) in [7, 11) is 1.62. The number of alkyl halides is 3. The molecule has 1 aliphatic carbocycles. The van der Waals surface area contributed by atoms with Crippen LogP contribution in [-0.2, 0) is 21.1 Å². The zero-order chi connectivity index (χ0) is 19.0. The lowest BCUT2D eigenvalue weighted by Gasteiger charge is -2.36. The highest BCUT2D eigenvalue weighted by Crippen LogP contribution is 2.41. The number of rotatable bonds is 8. The molecule has 1 fully saturated rings. The summed E-state index contributed by atoms with van der Waals surface area (Å²) in [4.78, 5) is 12.9. The summed E-state index contributed by atoms with van der Waals surface area (Å²) in [6.07, 6.45) is -0.555. The van der Waals surface area contributed by atoms with E-state index in [1.807, 2.05) is 0 Å². The number of carbonyl (C=O) groups is 1. The Morgan fingerprint density at radius 1 is 1.15 bits per heavy atom. The molecule has 1 amide bonds. The van der Waals surface area contributed by atoms with Crippen LogP contribution >= 0.6 is 12.4 Å². The first-order chi connectivity index (χ1) is 12.4. The van der Waals surface area contributed by atoms with Gasteiger partial charge < -0.3 is 15.4 Å². The topological polar surface area (TPSA) is 50.4 Å². The first kappa shape index (κ1) is 23.7. The molecule has 27 heavy (non-hydrogen) atoms. The van der Waals surface area contributed by atoms with Gasteiger partial charge in [0.05, 0.1) is 17.6 Å². The summed E-state index contributed by atoms with van der Waals surface area (Å²) < 4.78 is 44.2. The van der Waals surface area contributed by atoms with Gasteiger partial charge in [-0.2, -0.15) is 13.2 Å². The molecule has 0 bridgehead atoms. The number of benzene rings is 1. The van der Waals surface area contributed by atoms with Gasteiger partial charge >= 0.3 is 6.18 Å². The molecule has 2 N–H and O–H groups in total. The van der Waals surface area contributed by atoms with Crippen LogP contribution in [0.2, 0.25) is 0 Å². The summed E-state index contributed by atoms with van der Waals surface area (Å²) in [6, 6.07) is 5.24. The Morgan fingerprint density at radius 3 is 2.48 bits per heavy atom. The number of hydrogen-bond donors (Lipinski definition) is 2. The third-order valence-electron chi connectivity index (χ3n) is 4.95. The molecule has 0 heterocycles. The van der Waals surface area contributed by atoms with Gasteiger partial charge in [0, 0.05) is 26.7 Å². The van der Waals surface area contributed by atoms with Crippen LogP contribution in [0.4, 0.5) is 13.2 Å². The second kappa shape index (κ2) is 10.9. The van der Waals surface area contributed by atoms with Gasteiger partial charge in [0.25, 0.3) is 0 Å². The van der Waals surface area contributed by atoms with Gasteiger partial charge in [-0.3, -0.25) is 4.79 Å². The van der Waals surface area contributed by atoms with Crippen LogP contribution in [-0.4, -0.2) is 39.3 Å². The molecule has 8 heteroatoms. The molecular formula is C19H28ClF3N2O2. The SMILES string of the molecule is COCCNCCNC(=O)C1(c2cccc(C(F)(F)F)c2)CCCCC1.Cl. The Kier molecular flexibility index (Phi) is 9.56. The first-order valence-electron chi connectivity index (χ1n) is 9.06. The van der Waals surface area contributed by atoms with Gasteiger partial charge in [-0.1, -0.05) is 37.5 Å². The van der Waals surface area contributed by atoms with Crippen LogP contribution in [0.3, 0.4) is 0 Å². The molecule has 0 aliphatic heterocycles. The smallest absolute Gasteiger partial charge is 0.383 e. The fourth-order valence-corrected chi connectivity index (χ4v) is 3.53. The number of carbonyl (C=O) groups excluding carboxylic acids is 1. The van der Waals surface area contributed by atoms with Crippen LogP contribution in [0, 0.1) is 0 Å². The minimum atomic E-state index is -4.41. The van der Waals surface area contributed by atoms with Crippen molar-refractivity contribution in [1.82, 2.24) is 10.6 Å². The average Bonchev–Trinajstić information content (AvgIpc) is 2.64. The van der Waals surface area contributed by atoms with Crippen molar-refractivity contribution in [2.45, 2.75) is 43.7 Å². The van der Waals surface area contributed by atoms with Crippen molar-refractivity contribution in [3.8, 4) is 0 Å². The zero-order valence-corrected chi connectivity index (χ0v) is 16.3. The quantitative estimate of drug-likeness (QED) is 0.645. The Balaban J connectivity index is 0.00000364. The van der Waals surface area contributed by atoms with E-state index in [9.17, 15) is 18.0 Å². The van der Waals surface area contributed by atoms with Crippen LogP contribution in [0.5, 0.6) is 0 Å². The number of nitrogens with one attached hydrogen (secondary N) is 2. The van der Waals surface area contributed by atoms with Gasteiger partial charge in [0.2, 0.25) is 5.91 Å².